The predicted molar refractivity (Wildman–Crippen MR) is 96.0 cm³/mol. The van der Waals surface area contributed by atoms with Crippen molar-refractivity contribution in [2.24, 2.45) is 0 Å². The van der Waals surface area contributed by atoms with E-state index in [-0.39, 0.29) is 12.2 Å². The Balaban J connectivity index is 1.56. The molecule has 2 aromatic carbocycles. The van der Waals surface area contributed by atoms with Crippen molar-refractivity contribution in [1.29, 1.82) is 0 Å². The molecule has 2 heterocycles. The highest BCUT2D eigenvalue weighted by molar-refractivity contribution is 5.80. The molecular weight excluding hydrogens is 332 g/mol. The van der Waals surface area contributed by atoms with E-state index in [1.807, 2.05) is 49.4 Å². The summed E-state index contributed by atoms with van der Waals surface area (Å²) in [5.41, 5.74) is 2.85. The van der Waals surface area contributed by atoms with E-state index in [9.17, 15) is 4.79 Å². The molecule has 0 aliphatic heterocycles. The van der Waals surface area contributed by atoms with Gasteiger partial charge in [0.1, 0.15) is 17.9 Å². The maximum absolute atomic E-state index is 11.8. The molecule has 0 bridgehead atoms. The van der Waals surface area contributed by atoms with Crippen molar-refractivity contribution in [3.05, 3.63) is 76.0 Å². The Hall–Kier alpha value is -3.41. The molecule has 0 atom stereocenters. The first-order chi connectivity index (χ1) is 12.6. The minimum absolute atomic E-state index is 0.270. The first kappa shape index (κ1) is 16.1. The summed E-state index contributed by atoms with van der Waals surface area (Å²) in [6.45, 7) is 3.97. The second kappa shape index (κ2) is 6.48. The van der Waals surface area contributed by atoms with Crippen LogP contribution in [0.4, 0.5) is 0 Å². The summed E-state index contributed by atoms with van der Waals surface area (Å²) in [5.74, 6) is 1.74. The van der Waals surface area contributed by atoms with E-state index in [1.54, 1.807) is 6.92 Å². The molecule has 6 nitrogen and oxygen atoms in total. The molecule has 6 heteroatoms. The van der Waals surface area contributed by atoms with Gasteiger partial charge in [-0.15, -0.1) is 0 Å². The lowest BCUT2D eigenvalue weighted by Gasteiger charge is -2.09. The molecule has 0 saturated heterocycles. The van der Waals surface area contributed by atoms with Crippen molar-refractivity contribution in [3.8, 4) is 17.1 Å². The van der Waals surface area contributed by atoms with Gasteiger partial charge in [0.25, 0.3) is 0 Å². The Labute approximate surface area is 149 Å². The second-order valence-electron chi connectivity index (χ2n) is 6.04. The summed E-state index contributed by atoms with van der Waals surface area (Å²) < 4.78 is 16.1. The first-order valence-electron chi connectivity index (χ1n) is 8.15. The molecule has 0 saturated carbocycles. The largest absolute Gasteiger partial charge is 0.489 e. The third-order valence-electron chi connectivity index (χ3n) is 4.02. The highest BCUT2D eigenvalue weighted by atomic mass is 16.5. The van der Waals surface area contributed by atoms with Gasteiger partial charge in [0, 0.05) is 29.5 Å². The van der Waals surface area contributed by atoms with Crippen LogP contribution in [0.3, 0.4) is 0 Å². The van der Waals surface area contributed by atoms with E-state index >= 15 is 0 Å². The number of benzene rings is 2. The Bertz CT molecular complexity index is 1130. The van der Waals surface area contributed by atoms with Gasteiger partial charge in [-0.1, -0.05) is 17.3 Å². The topological polar surface area (TPSA) is 78.4 Å². The molecule has 0 aliphatic carbocycles. The monoisotopic (exact) mass is 348 g/mol. The van der Waals surface area contributed by atoms with Gasteiger partial charge in [0.2, 0.25) is 11.7 Å². The van der Waals surface area contributed by atoms with E-state index in [4.69, 9.17) is 13.7 Å². The van der Waals surface area contributed by atoms with Crippen LogP contribution in [0.2, 0.25) is 0 Å². The minimum atomic E-state index is -0.385. The number of aromatic nitrogens is 2. The molecule has 0 spiro atoms. The van der Waals surface area contributed by atoms with Gasteiger partial charge in [0.05, 0.1) is 0 Å². The Morgan fingerprint density at radius 1 is 1.04 bits per heavy atom. The van der Waals surface area contributed by atoms with Crippen molar-refractivity contribution >= 4 is 11.0 Å². The third kappa shape index (κ3) is 3.21. The molecule has 4 aromatic rings. The maximum Gasteiger partial charge on any atom is 0.336 e. The van der Waals surface area contributed by atoms with E-state index in [1.165, 1.54) is 6.07 Å². The lowest BCUT2D eigenvalue weighted by Crippen LogP contribution is -2.04. The van der Waals surface area contributed by atoms with E-state index in [0.29, 0.717) is 23.0 Å². The first-order valence-corrected chi connectivity index (χ1v) is 8.15. The van der Waals surface area contributed by atoms with Crippen LogP contribution in [-0.4, -0.2) is 10.1 Å². The van der Waals surface area contributed by atoms with Crippen LogP contribution >= 0.6 is 0 Å². The van der Waals surface area contributed by atoms with Gasteiger partial charge < -0.3 is 13.7 Å². The average molecular weight is 348 g/mol. The van der Waals surface area contributed by atoms with Crippen LogP contribution in [0, 0.1) is 13.8 Å². The van der Waals surface area contributed by atoms with Gasteiger partial charge in [-0.3, -0.25) is 0 Å². The van der Waals surface area contributed by atoms with Crippen molar-refractivity contribution in [1.82, 2.24) is 10.1 Å². The molecule has 0 fully saturated rings. The summed E-state index contributed by atoms with van der Waals surface area (Å²) >= 11 is 0. The zero-order chi connectivity index (χ0) is 18.1. The summed E-state index contributed by atoms with van der Waals surface area (Å²) in [5, 5.41) is 4.76. The fraction of sp³-hybridized carbons (Fsp3) is 0.150. The Kier molecular flexibility index (Phi) is 4.01. The van der Waals surface area contributed by atoms with Crippen molar-refractivity contribution in [3.63, 3.8) is 0 Å². The van der Waals surface area contributed by atoms with Gasteiger partial charge in [-0.2, -0.15) is 4.98 Å². The van der Waals surface area contributed by atoms with Gasteiger partial charge >= 0.3 is 5.63 Å². The molecule has 0 unspecified atom stereocenters. The zero-order valence-electron chi connectivity index (χ0n) is 14.4. The number of ether oxygens (including phenoxy) is 1. The lowest BCUT2D eigenvalue weighted by atomic mass is 10.1. The van der Waals surface area contributed by atoms with Crippen molar-refractivity contribution in [2.75, 3.05) is 0 Å². The van der Waals surface area contributed by atoms with E-state index < -0.39 is 0 Å². The molecular formula is C20H16N2O4. The number of hydrogen-bond donors (Lipinski definition) is 0. The lowest BCUT2D eigenvalue weighted by molar-refractivity contribution is 0.306. The molecule has 26 heavy (non-hydrogen) atoms. The SMILES string of the molecule is Cc1ccc2c(COc3ccc(-c4noc(C)n4)cc3)cc(=O)oc2c1. The zero-order valence-corrected chi connectivity index (χ0v) is 14.4. The number of nitrogens with zero attached hydrogens (tertiary/aromatic N) is 2. The predicted octanol–water partition coefficient (Wildman–Crippen LogP) is 4.04. The minimum Gasteiger partial charge on any atom is -0.489 e. The molecule has 0 N–H and O–H groups in total. The smallest absolute Gasteiger partial charge is 0.336 e. The summed E-state index contributed by atoms with van der Waals surface area (Å²) in [7, 11) is 0. The Morgan fingerprint density at radius 3 is 2.58 bits per heavy atom. The highest BCUT2D eigenvalue weighted by Gasteiger charge is 2.08. The van der Waals surface area contributed by atoms with Crippen LogP contribution in [0.25, 0.3) is 22.4 Å². The van der Waals surface area contributed by atoms with Crippen molar-refractivity contribution < 1.29 is 13.7 Å². The average Bonchev–Trinajstić information content (AvgIpc) is 3.06. The fourth-order valence-corrected chi connectivity index (χ4v) is 2.73. The second-order valence-corrected chi connectivity index (χ2v) is 6.04. The van der Waals surface area contributed by atoms with E-state index in [2.05, 4.69) is 10.1 Å². The number of hydrogen-bond acceptors (Lipinski definition) is 6. The van der Waals surface area contributed by atoms with Crippen LogP contribution in [0.15, 0.2) is 62.3 Å². The molecule has 0 amide bonds. The van der Waals surface area contributed by atoms with E-state index in [0.717, 1.165) is 22.1 Å². The van der Waals surface area contributed by atoms with Crippen LogP contribution in [0.1, 0.15) is 17.0 Å². The summed E-state index contributed by atoms with van der Waals surface area (Å²) in [4.78, 5) is 16.0. The van der Waals surface area contributed by atoms with Crippen molar-refractivity contribution in [2.45, 2.75) is 20.5 Å². The van der Waals surface area contributed by atoms with Gasteiger partial charge in [-0.25, -0.2) is 4.79 Å². The normalized spacial score (nSPS) is 11.0. The third-order valence-corrected chi connectivity index (χ3v) is 4.02. The molecule has 2 aromatic heterocycles. The van der Waals surface area contributed by atoms with Crippen LogP contribution in [-0.2, 0) is 6.61 Å². The number of fused-ring (bicyclic) bond motifs is 1. The maximum atomic E-state index is 11.8. The summed E-state index contributed by atoms with van der Waals surface area (Å²) in [6.07, 6.45) is 0. The van der Waals surface area contributed by atoms with Crippen LogP contribution < -0.4 is 10.4 Å². The molecule has 4 rings (SSSR count). The fourth-order valence-electron chi connectivity index (χ4n) is 2.73. The quantitative estimate of drug-likeness (QED) is 0.518. The molecule has 0 aliphatic rings. The molecule has 130 valence electrons. The number of rotatable bonds is 4. The van der Waals surface area contributed by atoms with Gasteiger partial charge in [0.15, 0.2) is 0 Å². The van der Waals surface area contributed by atoms with Gasteiger partial charge in [-0.05, 0) is 42.8 Å². The number of aryl methyl sites for hydroxylation is 2. The standard InChI is InChI=1S/C20H16N2O4/c1-12-3-8-17-15(10-19(23)25-18(17)9-12)11-24-16-6-4-14(5-7-16)20-21-13(2)26-22-20/h3-10H,11H2,1-2H3. The highest BCUT2D eigenvalue weighted by Crippen LogP contribution is 2.23. The molecule has 0 radical (unpaired) electrons. The summed E-state index contributed by atoms with van der Waals surface area (Å²) in [6, 6.07) is 14.6. The Morgan fingerprint density at radius 2 is 1.85 bits per heavy atom. The van der Waals surface area contributed by atoms with Crippen LogP contribution in [0.5, 0.6) is 5.75 Å².